The second-order valence-corrected chi connectivity index (χ2v) is 6.27. The van der Waals surface area contributed by atoms with Crippen LogP contribution in [0.25, 0.3) is 11.3 Å². The molecule has 0 radical (unpaired) electrons. The summed E-state index contributed by atoms with van der Waals surface area (Å²) < 4.78 is 11.5. The minimum Gasteiger partial charge on any atom is -0.492 e. The number of benzene rings is 2. The first-order valence-electron chi connectivity index (χ1n) is 9.46. The molecule has 6 nitrogen and oxygen atoms in total. The lowest BCUT2D eigenvalue weighted by Crippen LogP contribution is -2.39. The summed E-state index contributed by atoms with van der Waals surface area (Å²) in [5.74, 6) is 2.89. The minimum absolute atomic E-state index is 0.362. The lowest BCUT2D eigenvalue weighted by molar-refractivity contribution is 0.322. The van der Waals surface area contributed by atoms with E-state index >= 15 is 0 Å². The van der Waals surface area contributed by atoms with Gasteiger partial charge < -0.3 is 19.8 Å². The van der Waals surface area contributed by atoms with Gasteiger partial charge in [0.05, 0.1) is 12.7 Å². The van der Waals surface area contributed by atoms with Crippen molar-refractivity contribution in [3.63, 3.8) is 0 Å². The van der Waals surface area contributed by atoms with Crippen molar-refractivity contribution in [1.82, 2.24) is 15.6 Å². The molecule has 0 amide bonds. The second kappa shape index (κ2) is 10.2. The Hall–Kier alpha value is -3.28. The molecule has 28 heavy (non-hydrogen) atoms. The molecule has 3 rings (SSSR count). The summed E-state index contributed by atoms with van der Waals surface area (Å²) in [6, 6.07) is 17.9. The van der Waals surface area contributed by atoms with Crippen molar-refractivity contribution < 1.29 is 9.15 Å². The standard InChI is InChI=1S/C22H26N4O2/c1-3-23-22(24-13-14-27-19-7-5-4-6-8-19)26-16-21-25-15-20(28-21)18-11-9-17(2)10-12-18/h4-12,15H,3,13-14,16H2,1-2H3,(H2,23,24,26). The number of hydrogen-bond donors (Lipinski definition) is 2. The molecule has 0 saturated heterocycles. The van der Waals surface area contributed by atoms with E-state index in [9.17, 15) is 0 Å². The average Bonchev–Trinajstić information content (AvgIpc) is 3.19. The van der Waals surface area contributed by atoms with Gasteiger partial charge in [-0.25, -0.2) is 9.98 Å². The van der Waals surface area contributed by atoms with E-state index in [-0.39, 0.29) is 0 Å². The number of rotatable bonds is 8. The maximum atomic E-state index is 5.82. The number of aryl methyl sites for hydroxylation is 1. The Balaban J connectivity index is 1.51. The van der Waals surface area contributed by atoms with Gasteiger partial charge in [-0.3, -0.25) is 0 Å². The summed E-state index contributed by atoms with van der Waals surface area (Å²) in [6.07, 6.45) is 1.74. The van der Waals surface area contributed by atoms with E-state index in [2.05, 4.69) is 39.7 Å². The number of guanidine groups is 1. The maximum Gasteiger partial charge on any atom is 0.216 e. The van der Waals surface area contributed by atoms with Crippen molar-refractivity contribution in [3.8, 4) is 17.1 Å². The third-order valence-corrected chi connectivity index (χ3v) is 4.01. The fourth-order valence-corrected chi connectivity index (χ4v) is 2.58. The largest absolute Gasteiger partial charge is 0.492 e. The van der Waals surface area contributed by atoms with Crippen molar-refractivity contribution in [3.05, 3.63) is 72.2 Å². The lowest BCUT2D eigenvalue weighted by Gasteiger charge is -2.11. The summed E-state index contributed by atoms with van der Waals surface area (Å²) in [5.41, 5.74) is 2.22. The van der Waals surface area contributed by atoms with Gasteiger partial charge in [0, 0.05) is 12.1 Å². The molecule has 2 N–H and O–H groups in total. The molecule has 3 aromatic rings. The van der Waals surface area contributed by atoms with Gasteiger partial charge in [0.2, 0.25) is 5.89 Å². The molecule has 2 aromatic carbocycles. The molecule has 0 fully saturated rings. The Morgan fingerprint density at radius 1 is 1.07 bits per heavy atom. The van der Waals surface area contributed by atoms with E-state index in [1.54, 1.807) is 6.20 Å². The third kappa shape index (κ3) is 5.87. The summed E-state index contributed by atoms with van der Waals surface area (Å²) >= 11 is 0. The molecule has 0 unspecified atom stereocenters. The number of ether oxygens (including phenoxy) is 1. The molecule has 0 aliphatic rings. The minimum atomic E-state index is 0.362. The fourth-order valence-electron chi connectivity index (χ4n) is 2.58. The first-order valence-corrected chi connectivity index (χ1v) is 9.46. The monoisotopic (exact) mass is 378 g/mol. The predicted octanol–water partition coefficient (Wildman–Crippen LogP) is 3.78. The van der Waals surface area contributed by atoms with E-state index in [1.165, 1.54) is 5.56 Å². The molecule has 1 heterocycles. The number of oxazole rings is 1. The van der Waals surface area contributed by atoms with Crippen molar-refractivity contribution in [2.75, 3.05) is 19.7 Å². The lowest BCUT2D eigenvalue weighted by atomic mass is 10.1. The number of nitrogens with zero attached hydrogens (tertiary/aromatic N) is 2. The quantitative estimate of drug-likeness (QED) is 0.355. The summed E-state index contributed by atoms with van der Waals surface area (Å²) in [7, 11) is 0. The second-order valence-electron chi connectivity index (χ2n) is 6.27. The van der Waals surface area contributed by atoms with Crippen LogP contribution in [0.1, 0.15) is 18.4 Å². The zero-order valence-corrected chi connectivity index (χ0v) is 16.3. The Morgan fingerprint density at radius 3 is 2.61 bits per heavy atom. The average molecular weight is 378 g/mol. The van der Waals surface area contributed by atoms with Crippen LogP contribution in [0.2, 0.25) is 0 Å². The fraction of sp³-hybridized carbons (Fsp3) is 0.273. The van der Waals surface area contributed by atoms with Crippen LogP contribution in [0, 0.1) is 6.92 Å². The van der Waals surface area contributed by atoms with E-state index in [0.717, 1.165) is 23.6 Å². The van der Waals surface area contributed by atoms with Crippen molar-refractivity contribution in [1.29, 1.82) is 0 Å². The molecule has 6 heteroatoms. The first-order chi connectivity index (χ1) is 13.7. The SMILES string of the molecule is CCNC(=NCc1ncc(-c2ccc(C)cc2)o1)NCCOc1ccccc1. The number of aliphatic imine (C=N–C) groups is 1. The van der Waals surface area contributed by atoms with Gasteiger partial charge in [-0.15, -0.1) is 0 Å². The highest BCUT2D eigenvalue weighted by Gasteiger charge is 2.06. The van der Waals surface area contributed by atoms with Gasteiger partial charge in [-0.1, -0.05) is 48.0 Å². The predicted molar refractivity (Wildman–Crippen MR) is 111 cm³/mol. The van der Waals surface area contributed by atoms with Crippen molar-refractivity contribution in [2.45, 2.75) is 20.4 Å². The van der Waals surface area contributed by atoms with Crippen LogP contribution >= 0.6 is 0 Å². The van der Waals surface area contributed by atoms with E-state index < -0.39 is 0 Å². The highest BCUT2D eigenvalue weighted by Crippen LogP contribution is 2.21. The van der Waals surface area contributed by atoms with E-state index in [4.69, 9.17) is 9.15 Å². The molecule has 0 saturated carbocycles. The molecule has 0 spiro atoms. The van der Waals surface area contributed by atoms with Crippen LogP contribution in [0.15, 0.2) is 70.2 Å². The number of para-hydroxylation sites is 1. The normalized spacial score (nSPS) is 11.3. The van der Waals surface area contributed by atoms with Crippen molar-refractivity contribution >= 4 is 5.96 Å². The van der Waals surface area contributed by atoms with E-state index in [1.807, 2.05) is 49.4 Å². The van der Waals surface area contributed by atoms with Gasteiger partial charge in [0.1, 0.15) is 18.9 Å². The van der Waals surface area contributed by atoms with Gasteiger partial charge in [-0.2, -0.15) is 0 Å². The van der Waals surface area contributed by atoms with Crippen LogP contribution in [-0.2, 0) is 6.54 Å². The third-order valence-electron chi connectivity index (χ3n) is 4.01. The van der Waals surface area contributed by atoms with Gasteiger partial charge in [-0.05, 0) is 26.0 Å². The Labute approximate surface area is 165 Å². The number of aromatic nitrogens is 1. The van der Waals surface area contributed by atoms with Crippen LogP contribution in [-0.4, -0.2) is 30.6 Å². The van der Waals surface area contributed by atoms with Gasteiger partial charge >= 0.3 is 0 Å². The van der Waals surface area contributed by atoms with Crippen LogP contribution in [0.3, 0.4) is 0 Å². The van der Waals surface area contributed by atoms with Crippen molar-refractivity contribution in [2.24, 2.45) is 4.99 Å². The smallest absolute Gasteiger partial charge is 0.216 e. The van der Waals surface area contributed by atoms with E-state index in [0.29, 0.717) is 31.5 Å². The zero-order chi connectivity index (χ0) is 19.6. The topological polar surface area (TPSA) is 71.7 Å². The summed E-state index contributed by atoms with van der Waals surface area (Å²) in [4.78, 5) is 8.86. The molecule has 0 bridgehead atoms. The molecule has 0 aliphatic carbocycles. The Morgan fingerprint density at radius 2 is 1.86 bits per heavy atom. The van der Waals surface area contributed by atoms with Gasteiger partial charge in [0.25, 0.3) is 0 Å². The number of hydrogen-bond acceptors (Lipinski definition) is 4. The molecule has 1 aromatic heterocycles. The molecule has 0 atom stereocenters. The zero-order valence-electron chi connectivity index (χ0n) is 16.3. The van der Waals surface area contributed by atoms with Crippen LogP contribution < -0.4 is 15.4 Å². The molecule has 146 valence electrons. The molecular weight excluding hydrogens is 352 g/mol. The Bertz CT molecular complexity index is 873. The summed E-state index contributed by atoms with van der Waals surface area (Å²) in [5, 5.41) is 6.46. The van der Waals surface area contributed by atoms with Crippen LogP contribution in [0.5, 0.6) is 5.75 Å². The highest BCUT2D eigenvalue weighted by molar-refractivity contribution is 5.79. The molecular formula is C22H26N4O2. The first kappa shape index (κ1) is 19.5. The highest BCUT2D eigenvalue weighted by atomic mass is 16.5. The van der Waals surface area contributed by atoms with Gasteiger partial charge in [0.15, 0.2) is 11.7 Å². The summed E-state index contributed by atoms with van der Waals surface area (Å²) in [6.45, 7) is 6.40. The number of nitrogens with one attached hydrogen (secondary N) is 2. The maximum absolute atomic E-state index is 5.82. The Kier molecular flexibility index (Phi) is 7.07. The molecule has 0 aliphatic heterocycles. The van der Waals surface area contributed by atoms with Crippen LogP contribution in [0.4, 0.5) is 0 Å².